The van der Waals surface area contributed by atoms with Crippen molar-refractivity contribution >= 4 is 40.2 Å². The summed E-state index contributed by atoms with van der Waals surface area (Å²) in [4.78, 5) is 0.129. The van der Waals surface area contributed by atoms with Crippen LogP contribution >= 0.6 is 23.8 Å². The van der Waals surface area contributed by atoms with E-state index in [1.807, 2.05) is 18.2 Å². The van der Waals surface area contributed by atoms with E-state index in [-0.39, 0.29) is 10.8 Å². The Balaban J connectivity index is 2.41. The van der Waals surface area contributed by atoms with Gasteiger partial charge >= 0.3 is 0 Å². The van der Waals surface area contributed by atoms with Crippen molar-refractivity contribution in [3.05, 3.63) is 58.9 Å². The van der Waals surface area contributed by atoms with Crippen LogP contribution in [0.2, 0.25) is 5.02 Å². The Kier molecular flexibility index (Phi) is 3.79. The first kappa shape index (κ1) is 12.8. The number of nitrogens with two attached hydrogens (primary N) is 1. The van der Waals surface area contributed by atoms with Gasteiger partial charge in [0.05, 0.1) is 10.7 Å². The lowest BCUT2D eigenvalue weighted by molar-refractivity contribution is 0.628. The van der Waals surface area contributed by atoms with Gasteiger partial charge in [0.15, 0.2) is 0 Å². The van der Waals surface area contributed by atoms with E-state index in [9.17, 15) is 4.39 Å². The van der Waals surface area contributed by atoms with E-state index in [0.29, 0.717) is 22.0 Å². The van der Waals surface area contributed by atoms with E-state index in [4.69, 9.17) is 29.6 Å². The Morgan fingerprint density at radius 2 is 1.89 bits per heavy atom. The molecular formula is C13H10ClFN2S. The van der Waals surface area contributed by atoms with Crippen LogP contribution in [-0.4, -0.2) is 4.99 Å². The second-order valence-electron chi connectivity index (χ2n) is 3.66. The first-order valence-corrected chi connectivity index (χ1v) is 5.97. The van der Waals surface area contributed by atoms with Crippen molar-refractivity contribution in [2.24, 2.45) is 5.73 Å². The van der Waals surface area contributed by atoms with E-state index in [1.54, 1.807) is 12.1 Å². The van der Waals surface area contributed by atoms with E-state index in [0.717, 1.165) is 0 Å². The summed E-state index contributed by atoms with van der Waals surface area (Å²) < 4.78 is 13.2. The molecule has 0 saturated carbocycles. The normalized spacial score (nSPS) is 10.1. The average molecular weight is 281 g/mol. The summed E-state index contributed by atoms with van der Waals surface area (Å²) in [5.74, 6) is -0.387. The zero-order valence-electron chi connectivity index (χ0n) is 9.28. The molecule has 0 atom stereocenters. The Labute approximate surface area is 115 Å². The third kappa shape index (κ3) is 2.78. The highest BCUT2D eigenvalue weighted by Gasteiger charge is 2.08. The van der Waals surface area contributed by atoms with Gasteiger partial charge in [0.2, 0.25) is 0 Å². The Hall–Kier alpha value is -1.65. The largest absolute Gasteiger partial charge is 0.389 e. The summed E-state index contributed by atoms with van der Waals surface area (Å²) in [6.07, 6.45) is 0. The van der Waals surface area contributed by atoms with Gasteiger partial charge in [-0.3, -0.25) is 0 Å². The molecule has 2 nitrogen and oxygen atoms in total. The lowest BCUT2D eigenvalue weighted by atomic mass is 10.1. The summed E-state index contributed by atoms with van der Waals surface area (Å²) in [5.41, 5.74) is 7.35. The molecule has 0 aromatic heterocycles. The lowest BCUT2D eigenvalue weighted by Gasteiger charge is -2.12. The predicted molar refractivity (Wildman–Crippen MR) is 77.0 cm³/mol. The van der Waals surface area contributed by atoms with Crippen LogP contribution in [0.5, 0.6) is 0 Å². The molecule has 0 bridgehead atoms. The molecule has 0 fully saturated rings. The van der Waals surface area contributed by atoms with Crippen molar-refractivity contribution in [1.82, 2.24) is 0 Å². The molecule has 2 aromatic carbocycles. The number of rotatable bonds is 3. The number of benzene rings is 2. The molecule has 92 valence electrons. The van der Waals surface area contributed by atoms with Crippen LogP contribution in [0.3, 0.4) is 0 Å². The molecule has 5 heteroatoms. The molecule has 0 spiro atoms. The highest BCUT2D eigenvalue weighted by Crippen LogP contribution is 2.27. The molecule has 0 aliphatic carbocycles. The van der Waals surface area contributed by atoms with Crippen LogP contribution in [0.15, 0.2) is 42.5 Å². The maximum absolute atomic E-state index is 13.2. The number of nitrogens with one attached hydrogen (secondary N) is 1. The van der Waals surface area contributed by atoms with Gasteiger partial charge in [-0.2, -0.15) is 0 Å². The van der Waals surface area contributed by atoms with Crippen molar-refractivity contribution in [2.45, 2.75) is 0 Å². The highest BCUT2D eigenvalue weighted by atomic mass is 35.5. The van der Waals surface area contributed by atoms with Gasteiger partial charge < -0.3 is 11.1 Å². The van der Waals surface area contributed by atoms with Crippen LogP contribution in [0.25, 0.3) is 0 Å². The monoisotopic (exact) mass is 280 g/mol. The summed E-state index contributed by atoms with van der Waals surface area (Å²) in [6.45, 7) is 0. The highest BCUT2D eigenvalue weighted by molar-refractivity contribution is 7.80. The van der Waals surface area contributed by atoms with Gasteiger partial charge in [-0.15, -0.1) is 0 Å². The molecule has 0 radical (unpaired) electrons. The number of hydrogen-bond donors (Lipinski definition) is 2. The van der Waals surface area contributed by atoms with Crippen molar-refractivity contribution < 1.29 is 4.39 Å². The van der Waals surface area contributed by atoms with Gasteiger partial charge in [-0.25, -0.2) is 4.39 Å². The smallest absolute Gasteiger partial charge is 0.124 e. The minimum absolute atomic E-state index is 0.129. The molecule has 0 aliphatic heterocycles. The number of thiocarbonyl (C=S) groups is 1. The molecule has 0 saturated heterocycles. The third-order valence-corrected chi connectivity index (χ3v) is 2.94. The molecular weight excluding hydrogens is 271 g/mol. The second kappa shape index (κ2) is 5.33. The van der Waals surface area contributed by atoms with Crippen LogP contribution < -0.4 is 11.1 Å². The maximum Gasteiger partial charge on any atom is 0.124 e. The maximum atomic E-state index is 13.2. The van der Waals surface area contributed by atoms with Crippen LogP contribution in [0.4, 0.5) is 15.8 Å². The van der Waals surface area contributed by atoms with Gasteiger partial charge in [0.1, 0.15) is 10.8 Å². The zero-order chi connectivity index (χ0) is 13.1. The van der Waals surface area contributed by atoms with Crippen LogP contribution in [0, 0.1) is 5.82 Å². The molecule has 2 aromatic rings. The fourth-order valence-electron chi connectivity index (χ4n) is 1.54. The average Bonchev–Trinajstić information content (AvgIpc) is 2.34. The van der Waals surface area contributed by atoms with E-state index in [2.05, 4.69) is 5.32 Å². The third-order valence-electron chi connectivity index (χ3n) is 2.39. The quantitative estimate of drug-likeness (QED) is 0.839. The van der Waals surface area contributed by atoms with Gasteiger partial charge in [-0.1, -0.05) is 36.0 Å². The SMILES string of the molecule is NC(=S)c1cc(F)ccc1Nc1ccccc1Cl. The lowest BCUT2D eigenvalue weighted by Crippen LogP contribution is -2.12. The molecule has 0 unspecified atom stereocenters. The predicted octanol–water partition coefficient (Wildman–Crippen LogP) is 3.86. The molecule has 0 aliphatic rings. The van der Waals surface area contributed by atoms with Crippen molar-refractivity contribution in [2.75, 3.05) is 5.32 Å². The van der Waals surface area contributed by atoms with E-state index >= 15 is 0 Å². The number of para-hydroxylation sites is 1. The van der Waals surface area contributed by atoms with Crippen molar-refractivity contribution in [3.8, 4) is 0 Å². The fraction of sp³-hybridized carbons (Fsp3) is 0. The fourth-order valence-corrected chi connectivity index (χ4v) is 1.89. The molecule has 0 amide bonds. The summed E-state index contributed by atoms with van der Waals surface area (Å²) >= 11 is 10.9. The van der Waals surface area contributed by atoms with E-state index in [1.165, 1.54) is 12.1 Å². The zero-order valence-corrected chi connectivity index (χ0v) is 10.9. The van der Waals surface area contributed by atoms with Gasteiger partial charge in [-0.05, 0) is 30.3 Å². The van der Waals surface area contributed by atoms with E-state index < -0.39 is 0 Å². The Morgan fingerprint density at radius 3 is 2.56 bits per heavy atom. The van der Waals surface area contributed by atoms with Gasteiger partial charge in [0, 0.05) is 11.3 Å². The molecule has 18 heavy (non-hydrogen) atoms. The number of anilines is 2. The molecule has 3 N–H and O–H groups in total. The molecule has 2 rings (SSSR count). The van der Waals surface area contributed by atoms with Crippen molar-refractivity contribution in [3.63, 3.8) is 0 Å². The number of hydrogen-bond acceptors (Lipinski definition) is 2. The summed E-state index contributed by atoms with van der Waals surface area (Å²) in [5, 5.41) is 3.65. The Bertz CT molecular complexity index is 601. The van der Waals surface area contributed by atoms with Gasteiger partial charge in [0.25, 0.3) is 0 Å². The second-order valence-corrected chi connectivity index (χ2v) is 4.51. The van der Waals surface area contributed by atoms with Crippen LogP contribution in [0.1, 0.15) is 5.56 Å². The first-order chi connectivity index (χ1) is 8.58. The Morgan fingerprint density at radius 1 is 1.17 bits per heavy atom. The number of halogens is 2. The van der Waals surface area contributed by atoms with Crippen molar-refractivity contribution in [1.29, 1.82) is 0 Å². The van der Waals surface area contributed by atoms with Crippen LogP contribution in [-0.2, 0) is 0 Å². The summed E-state index contributed by atoms with van der Waals surface area (Å²) in [6, 6.07) is 11.4. The topological polar surface area (TPSA) is 38.0 Å². The molecule has 0 heterocycles. The minimum Gasteiger partial charge on any atom is -0.389 e. The standard InChI is InChI=1S/C13H10ClFN2S/c14-10-3-1-2-4-12(10)17-11-6-5-8(15)7-9(11)13(16)18/h1-7,17H,(H2,16,18). The summed E-state index contributed by atoms with van der Waals surface area (Å²) in [7, 11) is 0. The minimum atomic E-state index is -0.387. The first-order valence-electron chi connectivity index (χ1n) is 5.19.